The van der Waals surface area contributed by atoms with Gasteiger partial charge in [-0.1, -0.05) is 20.8 Å². The van der Waals surface area contributed by atoms with Crippen LogP contribution in [-0.4, -0.2) is 11.2 Å². The van der Waals surface area contributed by atoms with Crippen molar-refractivity contribution in [2.24, 2.45) is 17.8 Å². The van der Waals surface area contributed by atoms with Crippen molar-refractivity contribution in [2.75, 3.05) is 0 Å². The van der Waals surface area contributed by atoms with E-state index in [2.05, 4.69) is 13.8 Å². The van der Waals surface area contributed by atoms with Crippen LogP contribution in [0.4, 0.5) is 0 Å². The highest BCUT2D eigenvalue weighted by molar-refractivity contribution is 6.31. The molecule has 1 nitrogen and oxygen atoms in total. The van der Waals surface area contributed by atoms with E-state index in [1.807, 2.05) is 6.92 Å². The largest absolute Gasteiger partial charge is 0.298 e. The van der Waals surface area contributed by atoms with Gasteiger partial charge in [0.25, 0.3) is 0 Å². The predicted molar refractivity (Wildman–Crippen MR) is 51.4 cm³/mol. The molecule has 0 heterocycles. The van der Waals surface area contributed by atoms with Crippen LogP contribution in [0.5, 0.6) is 0 Å². The molecular weight excluding hydrogens is 172 g/mol. The number of hydrogen-bond acceptors (Lipinski definition) is 1. The summed E-state index contributed by atoms with van der Waals surface area (Å²) in [5.41, 5.74) is 0. The quantitative estimate of drug-likeness (QED) is 0.579. The summed E-state index contributed by atoms with van der Waals surface area (Å²) < 4.78 is 0. The Hall–Kier alpha value is -0.0400. The van der Waals surface area contributed by atoms with Crippen molar-refractivity contribution in [3.63, 3.8) is 0 Å². The van der Waals surface area contributed by atoms with Crippen molar-refractivity contribution in [1.29, 1.82) is 0 Å². The van der Waals surface area contributed by atoms with Gasteiger partial charge >= 0.3 is 0 Å². The number of Topliss-reactive ketones (excluding diaryl/α,β-unsaturated/α-hetero) is 1. The Kier molecular flexibility index (Phi) is 3.16. The number of alkyl halides is 1. The minimum absolute atomic E-state index is 0.183. The Bertz CT molecular complexity index is 177. The number of carbonyl (C=O) groups excluding carboxylic acids is 1. The Balaban J connectivity index is 2.65. The molecule has 1 fully saturated rings. The first-order valence-corrected chi connectivity index (χ1v) is 5.15. The summed E-state index contributed by atoms with van der Waals surface area (Å²) in [6.45, 7) is 6.26. The number of ketones is 1. The molecule has 3 atom stereocenters. The van der Waals surface area contributed by atoms with E-state index in [1.165, 1.54) is 0 Å². The average Bonchev–Trinajstić information content (AvgIpc) is 2.00. The second-order valence-corrected chi connectivity index (χ2v) is 4.66. The van der Waals surface area contributed by atoms with Crippen LogP contribution < -0.4 is 0 Å². The topological polar surface area (TPSA) is 17.1 Å². The molecule has 70 valence electrons. The van der Waals surface area contributed by atoms with Crippen molar-refractivity contribution in [3.8, 4) is 0 Å². The van der Waals surface area contributed by atoms with Gasteiger partial charge in [0, 0.05) is 5.92 Å². The molecule has 0 aromatic heterocycles. The fourth-order valence-corrected chi connectivity index (χ4v) is 2.52. The van der Waals surface area contributed by atoms with E-state index >= 15 is 0 Å². The van der Waals surface area contributed by atoms with Crippen molar-refractivity contribution in [2.45, 2.75) is 39.0 Å². The third-order valence-electron chi connectivity index (χ3n) is 2.92. The molecule has 0 spiro atoms. The lowest BCUT2D eigenvalue weighted by atomic mass is 9.76. The first-order chi connectivity index (χ1) is 5.54. The highest BCUT2D eigenvalue weighted by atomic mass is 35.5. The van der Waals surface area contributed by atoms with Crippen molar-refractivity contribution in [3.05, 3.63) is 0 Å². The molecule has 0 aromatic rings. The van der Waals surface area contributed by atoms with E-state index in [9.17, 15) is 4.79 Å². The number of rotatable bonds is 1. The summed E-state index contributed by atoms with van der Waals surface area (Å²) in [4.78, 5) is 11.5. The van der Waals surface area contributed by atoms with E-state index < -0.39 is 0 Å². The van der Waals surface area contributed by atoms with E-state index in [1.54, 1.807) is 0 Å². The second-order valence-electron chi connectivity index (χ2n) is 4.19. The van der Waals surface area contributed by atoms with Crippen LogP contribution in [0.3, 0.4) is 0 Å². The van der Waals surface area contributed by atoms with Gasteiger partial charge in [0.15, 0.2) is 5.78 Å². The predicted octanol–water partition coefficient (Wildman–Crippen LogP) is 2.87. The lowest BCUT2D eigenvalue weighted by molar-refractivity contribution is -0.125. The van der Waals surface area contributed by atoms with Gasteiger partial charge in [-0.3, -0.25) is 4.79 Å². The molecule has 2 heteroatoms. The van der Waals surface area contributed by atoms with Crippen molar-refractivity contribution in [1.82, 2.24) is 0 Å². The third kappa shape index (κ3) is 1.82. The Morgan fingerprint density at radius 1 is 1.42 bits per heavy atom. The van der Waals surface area contributed by atoms with Crippen LogP contribution in [0, 0.1) is 17.8 Å². The maximum atomic E-state index is 11.5. The Morgan fingerprint density at radius 3 is 2.50 bits per heavy atom. The fourth-order valence-electron chi connectivity index (χ4n) is 1.89. The highest BCUT2D eigenvalue weighted by Crippen LogP contribution is 2.34. The van der Waals surface area contributed by atoms with E-state index in [4.69, 9.17) is 11.6 Å². The van der Waals surface area contributed by atoms with Crippen LogP contribution in [0.2, 0.25) is 0 Å². The van der Waals surface area contributed by atoms with Gasteiger partial charge in [-0.2, -0.15) is 0 Å². The van der Waals surface area contributed by atoms with Crippen LogP contribution in [0.25, 0.3) is 0 Å². The van der Waals surface area contributed by atoms with E-state index in [0.717, 1.165) is 12.8 Å². The summed E-state index contributed by atoms with van der Waals surface area (Å²) in [6.07, 6.45) is 2.13. The molecule has 0 amide bonds. The molecule has 0 aromatic carbocycles. The summed E-state index contributed by atoms with van der Waals surface area (Å²) in [6, 6.07) is 0. The number of halogens is 1. The van der Waals surface area contributed by atoms with Gasteiger partial charge in [-0.05, 0) is 24.7 Å². The molecule has 0 saturated heterocycles. The van der Waals surface area contributed by atoms with E-state index in [-0.39, 0.29) is 17.1 Å². The first-order valence-electron chi connectivity index (χ1n) is 4.71. The lowest BCUT2D eigenvalue weighted by Crippen LogP contribution is -2.37. The smallest absolute Gasteiger partial charge is 0.153 e. The second kappa shape index (κ2) is 3.78. The van der Waals surface area contributed by atoms with Crippen LogP contribution >= 0.6 is 11.6 Å². The summed E-state index contributed by atoms with van der Waals surface area (Å²) in [5, 5.41) is -0.228. The van der Waals surface area contributed by atoms with Crippen LogP contribution in [0.15, 0.2) is 0 Å². The molecule has 0 radical (unpaired) electrons. The summed E-state index contributed by atoms with van der Waals surface area (Å²) >= 11 is 6.07. The molecular formula is C10H17ClO. The number of hydrogen-bond donors (Lipinski definition) is 0. The maximum absolute atomic E-state index is 11.5. The van der Waals surface area contributed by atoms with Gasteiger partial charge in [0.2, 0.25) is 0 Å². The maximum Gasteiger partial charge on any atom is 0.153 e. The summed E-state index contributed by atoms with van der Waals surface area (Å²) in [7, 11) is 0. The van der Waals surface area contributed by atoms with E-state index in [0.29, 0.717) is 11.8 Å². The molecule has 1 aliphatic rings. The molecule has 1 saturated carbocycles. The Morgan fingerprint density at radius 2 is 2.00 bits per heavy atom. The molecule has 0 aliphatic heterocycles. The molecule has 0 bridgehead atoms. The van der Waals surface area contributed by atoms with Crippen LogP contribution in [0.1, 0.15) is 33.6 Å². The normalized spacial score (nSPS) is 37.4. The van der Waals surface area contributed by atoms with Gasteiger partial charge in [0.1, 0.15) is 0 Å². The molecule has 12 heavy (non-hydrogen) atoms. The zero-order valence-electron chi connectivity index (χ0n) is 8.01. The SMILES string of the molecule is CC1CCC(C(C)C)C(Cl)C1=O. The minimum Gasteiger partial charge on any atom is -0.298 e. The van der Waals surface area contributed by atoms with Gasteiger partial charge in [0.05, 0.1) is 5.38 Å². The zero-order chi connectivity index (χ0) is 9.30. The fraction of sp³-hybridized carbons (Fsp3) is 0.900. The van der Waals surface area contributed by atoms with Gasteiger partial charge in [-0.15, -0.1) is 11.6 Å². The monoisotopic (exact) mass is 188 g/mol. The molecule has 0 N–H and O–H groups in total. The molecule has 3 unspecified atom stereocenters. The Labute approximate surface area is 79.5 Å². The molecule has 1 aliphatic carbocycles. The first kappa shape index (κ1) is 10.0. The van der Waals surface area contributed by atoms with Crippen LogP contribution in [-0.2, 0) is 4.79 Å². The lowest BCUT2D eigenvalue weighted by Gasteiger charge is -2.32. The van der Waals surface area contributed by atoms with Gasteiger partial charge in [-0.25, -0.2) is 0 Å². The molecule has 1 rings (SSSR count). The standard InChI is InChI=1S/C10H17ClO/c1-6(2)8-5-4-7(3)10(12)9(8)11/h6-9H,4-5H2,1-3H3. The highest BCUT2D eigenvalue weighted by Gasteiger charge is 2.35. The average molecular weight is 189 g/mol. The third-order valence-corrected chi connectivity index (χ3v) is 3.46. The zero-order valence-corrected chi connectivity index (χ0v) is 8.77. The summed E-state index contributed by atoms with van der Waals surface area (Å²) in [5.74, 6) is 1.36. The van der Waals surface area contributed by atoms with Crippen molar-refractivity contribution >= 4 is 17.4 Å². The number of carbonyl (C=O) groups is 1. The van der Waals surface area contributed by atoms with Crippen molar-refractivity contribution < 1.29 is 4.79 Å². The minimum atomic E-state index is -0.228. The van der Waals surface area contributed by atoms with Gasteiger partial charge < -0.3 is 0 Å².